The van der Waals surface area contributed by atoms with E-state index < -0.39 is 6.04 Å². The van der Waals surface area contributed by atoms with Crippen molar-refractivity contribution >= 4 is 5.91 Å². The first-order valence-corrected chi connectivity index (χ1v) is 6.85. The number of likely N-dealkylation sites (tertiary alicyclic amines) is 1. The standard InChI is InChI=1S/C15H22N2O/c1-2-13-10-6-7-11-17(13)15(18)14(16)12-8-4-3-5-9-12/h3-5,8-9,13-14H,2,6-7,10-11,16H2,1H3/t13?,14-/m1/s1. The van der Waals surface area contributed by atoms with Crippen molar-refractivity contribution < 1.29 is 4.79 Å². The number of benzene rings is 1. The van der Waals surface area contributed by atoms with E-state index in [1.54, 1.807) is 0 Å². The summed E-state index contributed by atoms with van der Waals surface area (Å²) in [6.45, 7) is 3.00. The molecule has 1 heterocycles. The number of hydrogen-bond acceptors (Lipinski definition) is 2. The SMILES string of the molecule is CCC1CCCCN1C(=O)[C@H](N)c1ccccc1. The largest absolute Gasteiger partial charge is 0.338 e. The molecule has 2 rings (SSSR count). The maximum atomic E-state index is 12.5. The fourth-order valence-electron chi connectivity index (χ4n) is 2.70. The van der Waals surface area contributed by atoms with Gasteiger partial charge < -0.3 is 10.6 Å². The highest BCUT2D eigenvalue weighted by Crippen LogP contribution is 2.23. The van der Waals surface area contributed by atoms with Crippen molar-refractivity contribution in [3.05, 3.63) is 35.9 Å². The lowest BCUT2D eigenvalue weighted by atomic mass is 9.97. The first kappa shape index (κ1) is 13.1. The molecule has 0 radical (unpaired) electrons. The number of amides is 1. The van der Waals surface area contributed by atoms with Crippen LogP contribution in [0.1, 0.15) is 44.2 Å². The number of hydrogen-bond donors (Lipinski definition) is 1. The number of carbonyl (C=O) groups excluding carboxylic acids is 1. The van der Waals surface area contributed by atoms with Crippen LogP contribution in [0.5, 0.6) is 0 Å². The van der Waals surface area contributed by atoms with E-state index in [2.05, 4.69) is 6.92 Å². The minimum absolute atomic E-state index is 0.0766. The van der Waals surface area contributed by atoms with Crippen LogP contribution in [0.15, 0.2) is 30.3 Å². The highest BCUT2D eigenvalue weighted by Gasteiger charge is 2.29. The van der Waals surface area contributed by atoms with Crippen molar-refractivity contribution in [3.63, 3.8) is 0 Å². The first-order chi connectivity index (χ1) is 8.74. The summed E-state index contributed by atoms with van der Waals surface area (Å²) in [5.41, 5.74) is 7.00. The Bertz CT molecular complexity index is 391. The Labute approximate surface area is 109 Å². The molecular formula is C15H22N2O. The van der Waals surface area contributed by atoms with Crippen LogP contribution < -0.4 is 5.73 Å². The zero-order valence-corrected chi connectivity index (χ0v) is 11.0. The third-order valence-electron chi connectivity index (χ3n) is 3.81. The zero-order chi connectivity index (χ0) is 13.0. The van der Waals surface area contributed by atoms with Crippen LogP contribution in [0.25, 0.3) is 0 Å². The minimum Gasteiger partial charge on any atom is -0.338 e. The first-order valence-electron chi connectivity index (χ1n) is 6.85. The Morgan fingerprint density at radius 1 is 1.39 bits per heavy atom. The fraction of sp³-hybridized carbons (Fsp3) is 0.533. The lowest BCUT2D eigenvalue weighted by molar-refractivity contribution is -0.136. The van der Waals surface area contributed by atoms with Gasteiger partial charge in [0.1, 0.15) is 6.04 Å². The number of piperidine rings is 1. The Balaban J connectivity index is 2.10. The molecule has 1 aliphatic rings. The van der Waals surface area contributed by atoms with Gasteiger partial charge in [-0.05, 0) is 31.2 Å². The van der Waals surface area contributed by atoms with Crippen LogP contribution in [-0.2, 0) is 4.79 Å². The summed E-state index contributed by atoms with van der Waals surface area (Å²) in [4.78, 5) is 14.5. The van der Waals surface area contributed by atoms with E-state index in [1.165, 1.54) is 6.42 Å². The highest BCUT2D eigenvalue weighted by molar-refractivity contribution is 5.83. The third kappa shape index (κ3) is 2.72. The summed E-state index contributed by atoms with van der Waals surface area (Å²) in [5, 5.41) is 0. The van der Waals surface area contributed by atoms with E-state index >= 15 is 0 Å². The van der Waals surface area contributed by atoms with Gasteiger partial charge in [0.15, 0.2) is 0 Å². The molecule has 1 aliphatic heterocycles. The molecule has 0 saturated carbocycles. The van der Waals surface area contributed by atoms with Crippen molar-refractivity contribution in [3.8, 4) is 0 Å². The van der Waals surface area contributed by atoms with Gasteiger partial charge in [0.2, 0.25) is 5.91 Å². The molecular weight excluding hydrogens is 224 g/mol. The van der Waals surface area contributed by atoms with Crippen LogP contribution >= 0.6 is 0 Å². The van der Waals surface area contributed by atoms with E-state index in [9.17, 15) is 4.79 Å². The second-order valence-electron chi connectivity index (χ2n) is 4.98. The summed E-state index contributed by atoms with van der Waals surface area (Å²) in [6.07, 6.45) is 4.46. The average molecular weight is 246 g/mol. The molecule has 2 atom stereocenters. The number of rotatable bonds is 3. The van der Waals surface area contributed by atoms with Gasteiger partial charge in [-0.25, -0.2) is 0 Å². The van der Waals surface area contributed by atoms with Gasteiger partial charge in [0.05, 0.1) is 0 Å². The molecule has 1 aromatic carbocycles. The molecule has 3 nitrogen and oxygen atoms in total. The normalized spacial score (nSPS) is 21.7. The molecule has 1 aromatic rings. The van der Waals surface area contributed by atoms with Gasteiger partial charge in [0.25, 0.3) is 0 Å². The molecule has 0 aliphatic carbocycles. The predicted octanol–water partition coefficient (Wildman–Crippen LogP) is 2.48. The lowest BCUT2D eigenvalue weighted by Gasteiger charge is -2.36. The molecule has 2 N–H and O–H groups in total. The van der Waals surface area contributed by atoms with Crippen molar-refractivity contribution in [2.45, 2.75) is 44.7 Å². The van der Waals surface area contributed by atoms with Crippen LogP contribution in [0, 0.1) is 0 Å². The molecule has 1 unspecified atom stereocenters. The van der Waals surface area contributed by atoms with E-state index in [4.69, 9.17) is 5.73 Å². The smallest absolute Gasteiger partial charge is 0.244 e. The Kier molecular flexibility index (Phi) is 4.37. The van der Waals surface area contributed by atoms with E-state index in [-0.39, 0.29) is 5.91 Å². The lowest BCUT2D eigenvalue weighted by Crippen LogP contribution is -2.47. The maximum absolute atomic E-state index is 12.5. The average Bonchev–Trinajstić information content (AvgIpc) is 2.46. The van der Waals surface area contributed by atoms with Gasteiger partial charge in [-0.15, -0.1) is 0 Å². The molecule has 0 bridgehead atoms. The van der Waals surface area contributed by atoms with Crippen LogP contribution in [0.2, 0.25) is 0 Å². The molecule has 18 heavy (non-hydrogen) atoms. The second-order valence-corrected chi connectivity index (χ2v) is 4.98. The molecule has 1 saturated heterocycles. The van der Waals surface area contributed by atoms with Gasteiger partial charge in [0, 0.05) is 12.6 Å². The molecule has 0 aromatic heterocycles. The minimum atomic E-state index is -0.515. The monoisotopic (exact) mass is 246 g/mol. The van der Waals surface area contributed by atoms with E-state index in [0.717, 1.165) is 31.4 Å². The second kappa shape index (κ2) is 6.01. The topological polar surface area (TPSA) is 46.3 Å². The molecule has 0 spiro atoms. The Hall–Kier alpha value is -1.35. The van der Waals surface area contributed by atoms with Crippen molar-refractivity contribution in [1.29, 1.82) is 0 Å². The van der Waals surface area contributed by atoms with Crippen LogP contribution in [-0.4, -0.2) is 23.4 Å². The summed E-state index contributed by atoms with van der Waals surface area (Å²) < 4.78 is 0. The quantitative estimate of drug-likeness (QED) is 0.890. The van der Waals surface area contributed by atoms with Gasteiger partial charge in [-0.3, -0.25) is 4.79 Å². The highest BCUT2D eigenvalue weighted by atomic mass is 16.2. The van der Waals surface area contributed by atoms with Crippen molar-refractivity contribution in [1.82, 2.24) is 4.90 Å². The van der Waals surface area contributed by atoms with Gasteiger partial charge in [-0.1, -0.05) is 37.3 Å². The van der Waals surface area contributed by atoms with Crippen molar-refractivity contribution in [2.75, 3.05) is 6.54 Å². The van der Waals surface area contributed by atoms with E-state index in [0.29, 0.717) is 6.04 Å². The molecule has 3 heteroatoms. The summed E-state index contributed by atoms with van der Waals surface area (Å²) in [5.74, 6) is 0.0766. The molecule has 1 amide bonds. The number of carbonyl (C=O) groups is 1. The van der Waals surface area contributed by atoms with Gasteiger partial charge in [-0.2, -0.15) is 0 Å². The van der Waals surface area contributed by atoms with Crippen LogP contribution in [0.3, 0.4) is 0 Å². The van der Waals surface area contributed by atoms with Gasteiger partial charge >= 0.3 is 0 Å². The summed E-state index contributed by atoms with van der Waals surface area (Å²) in [7, 11) is 0. The Morgan fingerprint density at radius 3 is 2.78 bits per heavy atom. The maximum Gasteiger partial charge on any atom is 0.244 e. The van der Waals surface area contributed by atoms with Crippen molar-refractivity contribution in [2.24, 2.45) is 5.73 Å². The number of nitrogens with zero attached hydrogens (tertiary/aromatic N) is 1. The summed E-state index contributed by atoms with van der Waals surface area (Å²) >= 11 is 0. The summed E-state index contributed by atoms with van der Waals surface area (Å²) in [6, 6.07) is 9.50. The predicted molar refractivity (Wildman–Crippen MR) is 73.0 cm³/mol. The Morgan fingerprint density at radius 2 is 2.11 bits per heavy atom. The fourth-order valence-corrected chi connectivity index (χ4v) is 2.70. The van der Waals surface area contributed by atoms with E-state index in [1.807, 2.05) is 35.2 Å². The number of nitrogens with two attached hydrogens (primary N) is 1. The zero-order valence-electron chi connectivity index (χ0n) is 11.0. The third-order valence-corrected chi connectivity index (χ3v) is 3.81. The molecule has 98 valence electrons. The van der Waals surface area contributed by atoms with Crippen LogP contribution in [0.4, 0.5) is 0 Å². The molecule has 1 fully saturated rings.